The Bertz CT molecular complexity index is 305. The van der Waals surface area contributed by atoms with Crippen molar-refractivity contribution in [1.82, 2.24) is 5.32 Å². The molecule has 1 amide bonds. The van der Waals surface area contributed by atoms with E-state index >= 15 is 0 Å². The summed E-state index contributed by atoms with van der Waals surface area (Å²) in [6.07, 6.45) is 4.21. The summed E-state index contributed by atoms with van der Waals surface area (Å²) >= 11 is 0. The van der Waals surface area contributed by atoms with Crippen molar-refractivity contribution in [3.05, 3.63) is 0 Å². The molecular weight excluding hydrogens is 234 g/mol. The third-order valence-corrected chi connectivity index (χ3v) is 3.80. The summed E-state index contributed by atoms with van der Waals surface area (Å²) in [6, 6.07) is 0. The van der Waals surface area contributed by atoms with E-state index in [4.69, 9.17) is 4.74 Å². The fourth-order valence-electron chi connectivity index (χ4n) is 2.59. The first kappa shape index (κ1) is 15.0. The number of carboxylic acid groups (broad SMARTS) is 1. The van der Waals surface area contributed by atoms with Crippen LogP contribution in [0.15, 0.2) is 0 Å². The van der Waals surface area contributed by atoms with Crippen LogP contribution in [-0.4, -0.2) is 36.2 Å². The SMILES string of the molecule is COCCCC(=O)NC1(C(=O)O)CCCCC1C. The van der Waals surface area contributed by atoms with Gasteiger partial charge in [0.2, 0.25) is 5.91 Å². The van der Waals surface area contributed by atoms with E-state index < -0.39 is 11.5 Å². The van der Waals surface area contributed by atoms with E-state index in [9.17, 15) is 14.7 Å². The van der Waals surface area contributed by atoms with Crippen molar-refractivity contribution < 1.29 is 19.4 Å². The lowest BCUT2D eigenvalue weighted by Gasteiger charge is -2.39. The number of hydrogen-bond acceptors (Lipinski definition) is 3. The lowest BCUT2D eigenvalue weighted by molar-refractivity contribution is -0.152. The van der Waals surface area contributed by atoms with E-state index in [0.29, 0.717) is 25.9 Å². The Kier molecular flexibility index (Phi) is 5.59. The van der Waals surface area contributed by atoms with E-state index in [-0.39, 0.29) is 11.8 Å². The molecule has 0 aromatic rings. The van der Waals surface area contributed by atoms with Gasteiger partial charge in [-0.2, -0.15) is 0 Å². The molecule has 5 nitrogen and oxygen atoms in total. The van der Waals surface area contributed by atoms with Crippen molar-refractivity contribution in [3.8, 4) is 0 Å². The molecule has 1 aliphatic rings. The largest absolute Gasteiger partial charge is 0.479 e. The van der Waals surface area contributed by atoms with Crippen molar-refractivity contribution in [2.24, 2.45) is 5.92 Å². The highest BCUT2D eigenvalue weighted by atomic mass is 16.5. The summed E-state index contributed by atoms with van der Waals surface area (Å²) < 4.78 is 4.88. The number of rotatable bonds is 6. The molecule has 18 heavy (non-hydrogen) atoms. The molecule has 1 rings (SSSR count). The molecule has 1 fully saturated rings. The summed E-state index contributed by atoms with van der Waals surface area (Å²) in [5.41, 5.74) is -1.07. The monoisotopic (exact) mass is 257 g/mol. The van der Waals surface area contributed by atoms with Crippen LogP contribution >= 0.6 is 0 Å². The molecule has 0 aromatic carbocycles. The highest BCUT2D eigenvalue weighted by Crippen LogP contribution is 2.34. The van der Waals surface area contributed by atoms with Crippen LogP contribution in [0.4, 0.5) is 0 Å². The number of carboxylic acids is 1. The lowest BCUT2D eigenvalue weighted by Crippen LogP contribution is -2.60. The van der Waals surface area contributed by atoms with Gasteiger partial charge in [-0.1, -0.05) is 19.8 Å². The Morgan fingerprint density at radius 3 is 2.72 bits per heavy atom. The quantitative estimate of drug-likeness (QED) is 0.708. The van der Waals surface area contributed by atoms with Gasteiger partial charge in [0.05, 0.1) is 0 Å². The fourth-order valence-corrected chi connectivity index (χ4v) is 2.59. The molecule has 1 saturated carbocycles. The first-order chi connectivity index (χ1) is 8.53. The third kappa shape index (κ3) is 3.45. The van der Waals surface area contributed by atoms with Crippen molar-refractivity contribution in [1.29, 1.82) is 0 Å². The smallest absolute Gasteiger partial charge is 0.329 e. The Morgan fingerprint density at radius 1 is 1.44 bits per heavy atom. The van der Waals surface area contributed by atoms with Crippen LogP contribution in [0.3, 0.4) is 0 Å². The molecular formula is C13H23NO4. The molecule has 2 unspecified atom stereocenters. The summed E-state index contributed by atoms with van der Waals surface area (Å²) in [4.78, 5) is 23.3. The third-order valence-electron chi connectivity index (χ3n) is 3.80. The standard InChI is InChI=1S/C13H23NO4/c1-10-6-3-4-8-13(10,12(16)17)14-11(15)7-5-9-18-2/h10H,3-9H2,1-2H3,(H,14,15)(H,16,17). The summed E-state index contributed by atoms with van der Waals surface area (Å²) in [6.45, 7) is 2.42. The minimum absolute atomic E-state index is 0.0184. The minimum Gasteiger partial charge on any atom is -0.479 e. The second kappa shape index (κ2) is 6.73. The molecule has 104 valence electrons. The Morgan fingerprint density at radius 2 is 2.17 bits per heavy atom. The van der Waals surface area contributed by atoms with Gasteiger partial charge in [0.15, 0.2) is 0 Å². The normalized spacial score (nSPS) is 27.8. The highest BCUT2D eigenvalue weighted by Gasteiger charge is 2.46. The van der Waals surface area contributed by atoms with Gasteiger partial charge in [-0.05, 0) is 25.2 Å². The second-order valence-corrected chi connectivity index (χ2v) is 5.07. The molecule has 0 saturated heterocycles. The van der Waals surface area contributed by atoms with E-state index in [1.54, 1.807) is 7.11 Å². The first-order valence-electron chi connectivity index (χ1n) is 6.56. The topological polar surface area (TPSA) is 75.6 Å². The number of hydrogen-bond donors (Lipinski definition) is 2. The number of ether oxygens (including phenoxy) is 1. The Hall–Kier alpha value is -1.10. The number of amides is 1. The summed E-state index contributed by atoms with van der Waals surface area (Å²) in [7, 11) is 1.58. The maximum absolute atomic E-state index is 11.8. The Labute approximate surface area is 108 Å². The van der Waals surface area contributed by atoms with E-state index in [2.05, 4.69) is 5.32 Å². The van der Waals surface area contributed by atoms with Crippen LogP contribution in [0.2, 0.25) is 0 Å². The molecule has 0 heterocycles. The van der Waals surface area contributed by atoms with Gasteiger partial charge in [0.1, 0.15) is 5.54 Å². The zero-order valence-corrected chi connectivity index (χ0v) is 11.2. The number of nitrogens with one attached hydrogen (secondary N) is 1. The van der Waals surface area contributed by atoms with E-state index in [1.165, 1.54) is 0 Å². The summed E-state index contributed by atoms with van der Waals surface area (Å²) in [5.74, 6) is -1.12. The van der Waals surface area contributed by atoms with Crippen molar-refractivity contribution in [3.63, 3.8) is 0 Å². The van der Waals surface area contributed by atoms with Crippen molar-refractivity contribution >= 4 is 11.9 Å². The summed E-state index contributed by atoms with van der Waals surface area (Å²) in [5, 5.41) is 12.2. The average molecular weight is 257 g/mol. The van der Waals surface area contributed by atoms with Crippen LogP contribution in [0.5, 0.6) is 0 Å². The second-order valence-electron chi connectivity index (χ2n) is 5.07. The number of aliphatic carboxylic acids is 1. The average Bonchev–Trinajstić information content (AvgIpc) is 2.32. The number of carbonyl (C=O) groups excluding carboxylic acids is 1. The zero-order chi connectivity index (χ0) is 13.6. The van der Waals surface area contributed by atoms with Crippen LogP contribution in [0, 0.1) is 5.92 Å². The van der Waals surface area contributed by atoms with E-state index in [0.717, 1.165) is 19.3 Å². The van der Waals surface area contributed by atoms with Gasteiger partial charge in [-0.25, -0.2) is 4.79 Å². The molecule has 2 atom stereocenters. The molecule has 2 N–H and O–H groups in total. The van der Waals surface area contributed by atoms with Crippen LogP contribution in [0.25, 0.3) is 0 Å². The Balaban J connectivity index is 2.62. The molecule has 0 bridgehead atoms. The van der Waals surface area contributed by atoms with Gasteiger partial charge < -0.3 is 15.2 Å². The molecule has 0 radical (unpaired) electrons. The maximum Gasteiger partial charge on any atom is 0.329 e. The maximum atomic E-state index is 11.8. The van der Waals surface area contributed by atoms with Gasteiger partial charge in [-0.3, -0.25) is 4.79 Å². The molecule has 5 heteroatoms. The number of methoxy groups -OCH3 is 1. The predicted octanol–water partition coefficient (Wildman–Crippen LogP) is 1.56. The molecule has 0 aromatic heterocycles. The molecule has 0 spiro atoms. The zero-order valence-electron chi connectivity index (χ0n) is 11.2. The molecule has 0 aliphatic heterocycles. The van der Waals surface area contributed by atoms with Gasteiger partial charge >= 0.3 is 5.97 Å². The van der Waals surface area contributed by atoms with Crippen LogP contribution in [-0.2, 0) is 14.3 Å². The highest BCUT2D eigenvalue weighted by molar-refractivity contribution is 5.87. The molecule has 1 aliphatic carbocycles. The van der Waals surface area contributed by atoms with Gasteiger partial charge in [-0.15, -0.1) is 0 Å². The number of carbonyl (C=O) groups is 2. The van der Waals surface area contributed by atoms with Crippen LogP contribution < -0.4 is 5.32 Å². The predicted molar refractivity (Wildman–Crippen MR) is 67.3 cm³/mol. The lowest BCUT2D eigenvalue weighted by atomic mass is 9.73. The minimum atomic E-state index is -1.07. The fraction of sp³-hybridized carbons (Fsp3) is 0.846. The van der Waals surface area contributed by atoms with Crippen molar-refractivity contribution in [2.75, 3.05) is 13.7 Å². The van der Waals surface area contributed by atoms with E-state index in [1.807, 2.05) is 6.92 Å². The van der Waals surface area contributed by atoms with Gasteiger partial charge in [0, 0.05) is 20.1 Å². The van der Waals surface area contributed by atoms with Crippen LogP contribution in [0.1, 0.15) is 45.4 Å². The first-order valence-corrected chi connectivity index (χ1v) is 6.56. The van der Waals surface area contributed by atoms with Gasteiger partial charge in [0.25, 0.3) is 0 Å². The van der Waals surface area contributed by atoms with Crippen molar-refractivity contribution in [2.45, 2.75) is 51.0 Å².